The van der Waals surface area contributed by atoms with Crippen LogP contribution in [0.3, 0.4) is 0 Å². The second-order valence-electron chi connectivity index (χ2n) is 8.13. The molecule has 7 nitrogen and oxygen atoms in total. The molecule has 3 aromatic rings. The van der Waals surface area contributed by atoms with Gasteiger partial charge in [0.05, 0.1) is 28.4 Å². The van der Waals surface area contributed by atoms with Crippen molar-refractivity contribution in [3.05, 3.63) is 71.3 Å². The van der Waals surface area contributed by atoms with Crippen LogP contribution in [0.25, 0.3) is 17.2 Å². The third-order valence-electron chi connectivity index (χ3n) is 6.16. The molecule has 0 aliphatic carbocycles. The van der Waals surface area contributed by atoms with Gasteiger partial charge < -0.3 is 29.0 Å². The lowest BCUT2D eigenvalue weighted by atomic mass is 9.89. The number of methoxy groups -OCH3 is 4. The molecule has 1 N–H and O–H groups in total. The number of nitrogens with zero attached hydrogens (tertiary/aromatic N) is 1. The number of benzene rings is 3. The highest BCUT2D eigenvalue weighted by atomic mass is 16.5. The summed E-state index contributed by atoms with van der Waals surface area (Å²) in [7, 11) is 6.43. The highest BCUT2D eigenvalue weighted by Gasteiger charge is 2.27. The molecule has 4 rings (SSSR count). The molecule has 1 aliphatic rings. The molecule has 0 unspecified atom stereocenters. The summed E-state index contributed by atoms with van der Waals surface area (Å²) in [5.41, 5.74) is 4.70. The first-order valence-corrected chi connectivity index (χ1v) is 11.2. The molecule has 0 atom stereocenters. The van der Waals surface area contributed by atoms with Crippen molar-refractivity contribution in [3.63, 3.8) is 0 Å². The number of rotatable bonds is 7. The van der Waals surface area contributed by atoms with Crippen LogP contribution in [0.4, 0.5) is 0 Å². The summed E-state index contributed by atoms with van der Waals surface area (Å²) < 4.78 is 22.4. The summed E-state index contributed by atoms with van der Waals surface area (Å²) in [5.74, 6) is 2.58. The van der Waals surface area contributed by atoms with Crippen LogP contribution < -0.4 is 18.9 Å². The zero-order valence-corrected chi connectivity index (χ0v) is 20.3. The first kappa shape index (κ1) is 24.0. The number of fused-ring (bicyclic) bond motifs is 1. The van der Waals surface area contributed by atoms with E-state index in [1.165, 1.54) is 0 Å². The van der Waals surface area contributed by atoms with Crippen molar-refractivity contribution >= 4 is 12.0 Å². The maximum Gasteiger partial charge on any atom is 0.246 e. The molecule has 1 amide bonds. The van der Waals surface area contributed by atoms with Crippen molar-refractivity contribution in [2.45, 2.75) is 13.0 Å². The van der Waals surface area contributed by atoms with Crippen LogP contribution in [0.5, 0.6) is 28.7 Å². The highest BCUT2D eigenvalue weighted by Crippen LogP contribution is 2.46. The Hall–Kier alpha value is -4.13. The summed E-state index contributed by atoms with van der Waals surface area (Å²) >= 11 is 0. The molecular weight excluding hydrogens is 446 g/mol. The average molecular weight is 476 g/mol. The standard InChI is InChI=1S/C28H29NO6/c1-32-23-11-8-20(16-24(23)33-2)27-22-17-29(14-13-19(22)15-25(34-3)28(27)35-4)26(31)12-7-18-5-9-21(30)10-6-18/h5-12,15-16,30H,13-14,17H2,1-4H3/b12-7+. The lowest BCUT2D eigenvalue weighted by molar-refractivity contribution is -0.126. The molecule has 35 heavy (non-hydrogen) atoms. The molecule has 0 saturated carbocycles. The van der Waals surface area contributed by atoms with E-state index in [0.717, 1.165) is 27.8 Å². The van der Waals surface area contributed by atoms with Crippen molar-refractivity contribution < 1.29 is 28.8 Å². The molecule has 0 saturated heterocycles. The molecule has 0 aromatic heterocycles. The van der Waals surface area contributed by atoms with Gasteiger partial charge in [-0.25, -0.2) is 0 Å². The van der Waals surface area contributed by atoms with Crippen molar-refractivity contribution in [1.82, 2.24) is 4.90 Å². The quantitative estimate of drug-likeness (QED) is 0.500. The molecule has 3 aromatic carbocycles. The molecule has 182 valence electrons. The van der Waals surface area contributed by atoms with Crippen molar-refractivity contribution in [2.24, 2.45) is 0 Å². The van der Waals surface area contributed by atoms with Crippen LogP contribution in [0.1, 0.15) is 16.7 Å². The maximum absolute atomic E-state index is 13.1. The second-order valence-corrected chi connectivity index (χ2v) is 8.13. The van der Waals surface area contributed by atoms with Crippen LogP contribution >= 0.6 is 0 Å². The Bertz CT molecular complexity index is 1250. The zero-order valence-electron chi connectivity index (χ0n) is 20.3. The Kier molecular flexibility index (Phi) is 7.15. The third kappa shape index (κ3) is 4.89. The molecule has 1 aliphatic heterocycles. The van der Waals surface area contributed by atoms with Crippen LogP contribution in [0.15, 0.2) is 54.6 Å². The Morgan fingerprint density at radius 1 is 0.886 bits per heavy atom. The van der Waals surface area contributed by atoms with Crippen molar-refractivity contribution in [1.29, 1.82) is 0 Å². The van der Waals surface area contributed by atoms with Crippen LogP contribution in [-0.4, -0.2) is 50.9 Å². The molecular formula is C28H29NO6. The van der Waals surface area contributed by atoms with Gasteiger partial charge in [-0.3, -0.25) is 4.79 Å². The summed E-state index contributed by atoms with van der Waals surface area (Å²) in [6, 6.07) is 14.4. The topological polar surface area (TPSA) is 77.5 Å². The van der Waals surface area contributed by atoms with Gasteiger partial charge in [0.15, 0.2) is 23.0 Å². The summed E-state index contributed by atoms with van der Waals surface area (Å²) in [5, 5.41) is 9.46. The van der Waals surface area contributed by atoms with E-state index in [1.54, 1.807) is 64.9 Å². The van der Waals surface area contributed by atoms with Crippen molar-refractivity contribution in [2.75, 3.05) is 35.0 Å². The van der Waals surface area contributed by atoms with Gasteiger partial charge in [0, 0.05) is 24.7 Å². The van der Waals surface area contributed by atoms with E-state index >= 15 is 0 Å². The first-order valence-electron chi connectivity index (χ1n) is 11.2. The number of hydrogen-bond acceptors (Lipinski definition) is 6. The van der Waals surface area contributed by atoms with E-state index in [-0.39, 0.29) is 11.7 Å². The number of hydrogen-bond donors (Lipinski definition) is 1. The highest BCUT2D eigenvalue weighted by molar-refractivity contribution is 5.92. The molecule has 0 bridgehead atoms. The normalized spacial score (nSPS) is 12.9. The van der Waals surface area contributed by atoms with Gasteiger partial charge in [0.2, 0.25) is 5.91 Å². The minimum Gasteiger partial charge on any atom is -0.508 e. The minimum absolute atomic E-state index is 0.0863. The van der Waals surface area contributed by atoms with Gasteiger partial charge >= 0.3 is 0 Å². The molecule has 0 fully saturated rings. The fourth-order valence-electron chi connectivity index (χ4n) is 4.36. The average Bonchev–Trinajstić information content (AvgIpc) is 2.90. The van der Waals surface area contributed by atoms with Gasteiger partial charge in [-0.15, -0.1) is 0 Å². The lowest BCUT2D eigenvalue weighted by Gasteiger charge is -2.31. The smallest absolute Gasteiger partial charge is 0.246 e. The Balaban J connectivity index is 1.73. The van der Waals surface area contributed by atoms with E-state index in [9.17, 15) is 9.90 Å². The number of carbonyl (C=O) groups excluding carboxylic acids is 1. The summed E-state index contributed by atoms with van der Waals surface area (Å²) in [6.07, 6.45) is 4.00. The van der Waals surface area contributed by atoms with E-state index in [4.69, 9.17) is 18.9 Å². The second kappa shape index (κ2) is 10.4. The van der Waals surface area contributed by atoms with E-state index in [1.807, 2.05) is 29.2 Å². The van der Waals surface area contributed by atoms with E-state index in [0.29, 0.717) is 42.5 Å². The molecule has 7 heteroatoms. The zero-order chi connectivity index (χ0) is 24.9. The van der Waals surface area contributed by atoms with E-state index in [2.05, 4.69) is 0 Å². The van der Waals surface area contributed by atoms with Gasteiger partial charge in [-0.05, 0) is 65.1 Å². The number of phenolic OH excluding ortho intramolecular Hbond substituents is 1. The third-order valence-corrected chi connectivity index (χ3v) is 6.16. The van der Waals surface area contributed by atoms with Crippen LogP contribution in [0.2, 0.25) is 0 Å². The number of amides is 1. The Morgan fingerprint density at radius 3 is 2.26 bits per heavy atom. The number of ether oxygens (including phenoxy) is 4. The molecule has 0 spiro atoms. The monoisotopic (exact) mass is 475 g/mol. The van der Waals surface area contributed by atoms with Gasteiger partial charge in [0.25, 0.3) is 0 Å². The van der Waals surface area contributed by atoms with Crippen molar-refractivity contribution in [3.8, 4) is 39.9 Å². The van der Waals surface area contributed by atoms with E-state index < -0.39 is 0 Å². The fraction of sp³-hybridized carbons (Fsp3) is 0.250. The number of aromatic hydroxyl groups is 1. The van der Waals surface area contributed by atoms with Gasteiger partial charge in [0.1, 0.15) is 5.75 Å². The maximum atomic E-state index is 13.1. The SMILES string of the molecule is COc1ccc(-c2c3c(cc(OC)c2OC)CCN(C(=O)/C=C/c2ccc(O)cc2)C3)cc1OC. The minimum atomic E-state index is -0.0863. The lowest BCUT2D eigenvalue weighted by Crippen LogP contribution is -2.35. The van der Waals surface area contributed by atoms with Gasteiger partial charge in [-0.1, -0.05) is 18.2 Å². The van der Waals surface area contributed by atoms with Gasteiger partial charge in [-0.2, -0.15) is 0 Å². The Labute approximate surface area is 205 Å². The predicted molar refractivity (Wildman–Crippen MR) is 134 cm³/mol. The number of phenols is 1. The summed E-state index contributed by atoms with van der Waals surface area (Å²) in [6.45, 7) is 1.02. The predicted octanol–water partition coefficient (Wildman–Crippen LogP) is 4.69. The Morgan fingerprint density at radius 2 is 1.60 bits per heavy atom. The molecule has 0 radical (unpaired) electrons. The molecule has 1 heterocycles. The van der Waals surface area contributed by atoms with Crippen LogP contribution in [-0.2, 0) is 17.8 Å². The number of carbonyl (C=O) groups is 1. The summed E-state index contributed by atoms with van der Waals surface area (Å²) in [4.78, 5) is 14.9. The first-order chi connectivity index (χ1) is 17.0. The fourth-order valence-corrected chi connectivity index (χ4v) is 4.36. The largest absolute Gasteiger partial charge is 0.508 e. The van der Waals surface area contributed by atoms with Crippen LogP contribution in [0, 0.1) is 0 Å².